The van der Waals surface area contributed by atoms with Crippen molar-refractivity contribution in [3.05, 3.63) is 30.1 Å². The van der Waals surface area contributed by atoms with Gasteiger partial charge in [0.15, 0.2) is 0 Å². The van der Waals surface area contributed by atoms with Crippen LogP contribution in [0.3, 0.4) is 0 Å². The number of para-hydroxylation sites is 1. The van der Waals surface area contributed by atoms with Crippen molar-refractivity contribution < 1.29 is 4.39 Å². The molecule has 2 rings (SSSR count). The van der Waals surface area contributed by atoms with Crippen LogP contribution < -0.4 is 10.6 Å². The van der Waals surface area contributed by atoms with Gasteiger partial charge in [-0.25, -0.2) is 4.39 Å². The zero-order chi connectivity index (χ0) is 14.0. The second-order valence-corrected chi connectivity index (χ2v) is 5.75. The molecule has 4 heteroatoms. The number of likely N-dealkylation sites (tertiary alicyclic amines) is 1. The van der Waals surface area contributed by atoms with Crippen molar-refractivity contribution in [3.63, 3.8) is 0 Å². The Bertz CT molecular complexity index is 435. The summed E-state index contributed by atoms with van der Waals surface area (Å²) in [5.41, 5.74) is 6.51. The van der Waals surface area contributed by atoms with Crippen LogP contribution in [0, 0.1) is 5.82 Å². The van der Waals surface area contributed by atoms with Gasteiger partial charge in [-0.1, -0.05) is 12.1 Å². The third-order valence-electron chi connectivity index (χ3n) is 4.40. The predicted octanol–water partition coefficient (Wildman–Crippen LogP) is 2.07. The van der Waals surface area contributed by atoms with E-state index in [0.717, 1.165) is 19.5 Å². The van der Waals surface area contributed by atoms with Gasteiger partial charge in [-0.15, -0.1) is 0 Å². The molecule has 1 fully saturated rings. The molecule has 1 atom stereocenters. The molecule has 0 spiro atoms. The zero-order valence-corrected chi connectivity index (χ0v) is 12.1. The molecule has 2 N–H and O–H groups in total. The van der Waals surface area contributed by atoms with Crippen molar-refractivity contribution >= 4 is 5.69 Å². The summed E-state index contributed by atoms with van der Waals surface area (Å²) >= 11 is 0. The first kappa shape index (κ1) is 14.3. The number of likely N-dealkylation sites (N-methyl/N-ethyl adjacent to an activating group) is 1. The summed E-state index contributed by atoms with van der Waals surface area (Å²) in [6, 6.07) is 7.42. The average molecular weight is 265 g/mol. The van der Waals surface area contributed by atoms with E-state index in [4.69, 9.17) is 5.73 Å². The molecule has 0 bridgehead atoms. The number of halogens is 1. The van der Waals surface area contributed by atoms with Gasteiger partial charge in [-0.2, -0.15) is 0 Å². The van der Waals surface area contributed by atoms with E-state index in [1.165, 1.54) is 6.07 Å². The van der Waals surface area contributed by atoms with Crippen LogP contribution in [0.5, 0.6) is 0 Å². The lowest BCUT2D eigenvalue weighted by Crippen LogP contribution is -2.55. The Morgan fingerprint density at radius 2 is 2.11 bits per heavy atom. The minimum atomic E-state index is -0.180. The molecule has 1 aliphatic heterocycles. The highest BCUT2D eigenvalue weighted by molar-refractivity contribution is 5.50. The van der Waals surface area contributed by atoms with Gasteiger partial charge < -0.3 is 10.6 Å². The normalized spacial score (nSPS) is 24.1. The fraction of sp³-hybridized carbons (Fsp3) is 0.600. The Balaban J connectivity index is 2.25. The van der Waals surface area contributed by atoms with E-state index in [9.17, 15) is 4.39 Å². The van der Waals surface area contributed by atoms with Crippen molar-refractivity contribution in [1.82, 2.24) is 4.90 Å². The first-order chi connectivity index (χ1) is 9.00. The fourth-order valence-electron chi connectivity index (χ4n) is 2.89. The molecular weight excluding hydrogens is 241 g/mol. The van der Waals surface area contributed by atoms with Gasteiger partial charge in [-0.3, -0.25) is 4.90 Å². The summed E-state index contributed by atoms with van der Waals surface area (Å²) < 4.78 is 14.0. The number of benzene rings is 1. The van der Waals surface area contributed by atoms with Gasteiger partial charge in [-0.05, 0) is 32.4 Å². The first-order valence-corrected chi connectivity index (χ1v) is 6.93. The number of hydrogen-bond donors (Lipinski definition) is 1. The lowest BCUT2D eigenvalue weighted by atomic mass is 9.95. The fourth-order valence-corrected chi connectivity index (χ4v) is 2.89. The number of nitrogens with two attached hydrogens (primary N) is 1. The van der Waals surface area contributed by atoms with Crippen molar-refractivity contribution in [2.45, 2.75) is 31.8 Å². The predicted molar refractivity (Wildman–Crippen MR) is 77.9 cm³/mol. The maximum Gasteiger partial charge on any atom is 0.146 e. The Morgan fingerprint density at radius 3 is 2.63 bits per heavy atom. The van der Waals surface area contributed by atoms with Crippen LogP contribution in [0.4, 0.5) is 10.1 Å². The molecule has 1 aromatic carbocycles. The van der Waals surface area contributed by atoms with Crippen molar-refractivity contribution in [2.75, 3.05) is 31.6 Å². The number of hydrogen-bond acceptors (Lipinski definition) is 3. The quantitative estimate of drug-likeness (QED) is 0.904. The minimum absolute atomic E-state index is 0.160. The monoisotopic (exact) mass is 265 g/mol. The summed E-state index contributed by atoms with van der Waals surface area (Å²) in [6.07, 6.45) is 0.979. The van der Waals surface area contributed by atoms with Crippen LogP contribution in [0.15, 0.2) is 24.3 Å². The molecule has 0 radical (unpaired) electrons. The van der Waals surface area contributed by atoms with E-state index in [-0.39, 0.29) is 11.4 Å². The lowest BCUT2D eigenvalue weighted by molar-refractivity contribution is 0.255. The van der Waals surface area contributed by atoms with E-state index in [1.54, 1.807) is 6.07 Å². The van der Waals surface area contributed by atoms with Crippen molar-refractivity contribution in [1.29, 1.82) is 0 Å². The van der Waals surface area contributed by atoms with Gasteiger partial charge in [0.2, 0.25) is 0 Å². The van der Waals surface area contributed by atoms with Gasteiger partial charge in [0, 0.05) is 32.7 Å². The second-order valence-electron chi connectivity index (χ2n) is 5.75. The van der Waals surface area contributed by atoms with Gasteiger partial charge in [0.1, 0.15) is 5.82 Å². The molecule has 1 heterocycles. The van der Waals surface area contributed by atoms with Crippen molar-refractivity contribution in [2.24, 2.45) is 5.73 Å². The molecule has 106 valence electrons. The lowest BCUT2D eigenvalue weighted by Gasteiger charge is -2.40. The highest BCUT2D eigenvalue weighted by Crippen LogP contribution is 2.32. The summed E-state index contributed by atoms with van der Waals surface area (Å²) in [6.45, 7) is 6.84. The van der Waals surface area contributed by atoms with E-state index < -0.39 is 0 Å². The maximum atomic E-state index is 14.0. The molecule has 19 heavy (non-hydrogen) atoms. The number of anilines is 1. The number of rotatable bonds is 4. The van der Waals surface area contributed by atoms with Crippen LogP contribution in [-0.4, -0.2) is 43.2 Å². The molecule has 1 saturated heterocycles. The van der Waals surface area contributed by atoms with E-state index in [2.05, 4.69) is 18.7 Å². The van der Waals surface area contributed by atoms with E-state index in [1.807, 2.05) is 24.1 Å². The van der Waals surface area contributed by atoms with Gasteiger partial charge in [0.05, 0.1) is 11.2 Å². The van der Waals surface area contributed by atoms with Gasteiger partial charge >= 0.3 is 0 Å². The van der Waals surface area contributed by atoms with Crippen LogP contribution in [0.25, 0.3) is 0 Å². The molecule has 0 saturated carbocycles. The van der Waals surface area contributed by atoms with E-state index in [0.29, 0.717) is 18.3 Å². The Hall–Kier alpha value is -1.13. The smallest absolute Gasteiger partial charge is 0.146 e. The largest absolute Gasteiger partial charge is 0.364 e. The van der Waals surface area contributed by atoms with Crippen LogP contribution in [-0.2, 0) is 0 Å². The topological polar surface area (TPSA) is 32.5 Å². The maximum absolute atomic E-state index is 14.0. The summed E-state index contributed by atoms with van der Waals surface area (Å²) in [5, 5.41) is 0. The standard InChI is InChI=1S/C15H24FN3/c1-12(2)19-9-8-15(10-17,11-19)18(3)14-7-5-4-6-13(14)16/h4-7,12H,8-11,17H2,1-3H3. The van der Waals surface area contributed by atoms with Crippen LogP contribution in [0.2, 0.25) is 0 Å². The summed E-state index contributed by atoms with van der Waals surface area (Å²) in [5.74, 6) is -0.180. The van der Waals surface area contributed by atoms with Crippen LogP contribution in [0.1, 0.15) is 20.3 Å². The molecule has 1 aromatic rings. The molecule has 0 aliphatic carbocycles. The Labute approximate surface area is 115 Å². The SMILES string of the molecule is CC(C)N1CCC(CN)(N(C)c2ccccc2F)C1. The molecule has 1 unspecified atom stereocenters. The summed E-state index contributed by atoms with van der Waals surface area (Å²) in [4.78, 5) is 4.44. The number of nitrogens with zero attached hydrogens (tertiary/aromatic N) is 2. The zero-order valence-electron chi connectivity index (χ0n) is 12.1. The van der Waals surface area contributed by atoms with E-state index >= 15 is 0 Å². The minimum Gasteiger partial charge on any atom is -0.364 e. The van der Waals surface area contributed by atoms with Crippen molar-refractivity contribution in [3.8, 4) is 0 Å². The molecular formula is C15H24FN3. The highest BCUT2D eigenvalue weighted by atomic mass is 19.1. The molecule has 1 aliphatic rings. The van der Waals surface area contributed by atoms with Gasteiger partial charge in [0.25, 0.3) is 0 Å². The first-order valence-electron chi connectivity index (χ1n) is 6.93. The third kappa shape index (κ3) is 2.60. The molecule has 0 aromatic heterocycles. The average Bonchev–Trinajstić information content (AvgIpc) is 2.84. The highest BCUT2D eigenvalue weighted by Gasteiger charge is 2.41. The van der Waals surface area contributed by atoms with Crippen LogP contribution >= 0.6 is 0 Å². The second kappa shape index (κ2) is 5.47. The Morgan fingerprint density at radius 1 is 1.42 bits per heavy atom. The Kier molecular flexibility index (Phi) is 4.11. The third-order valence-corrected chi connectivity index (χ3v) is 4.40. The molecule has 0 amide bonds. The summed E-state index contributed by atoms with van der Waals surface area (Å²) in [7, 11) is 1.95. The molecule has 3 nitrogen and oxygen atoms in total.